The van der Waals surface area contributed by atoms with Gasteiger partial charge in [0.25, 0.3) is 0 Å². The van der Waals surface area contributed by atoms with E-state index in [2.05, 4.69) is 27.6 Å². The molecule has 1 aromatic rings. The summed E-state index contributed by atoms with van der Waals surface area (Å²) in [7, 11) is 3.33. The Morgan fingerprint density at radius 3 is 2.94 bits per heavy atom. The molecule has 0 aromatic carbocycles. The lowest BCUT2D eigenvalue weighted by molar-refractivity contribution is 0.0802. The molecule has 0 radical (unpaired) electrons. The van der Waals surface area contributed by atoms with Crippen LogP contribution in [-0.2, 0) is 4.74 Å². The molecule has 4 nitrogen and oxygen atoms in total. The molecule has 0 saturated carbocycles. The lowest BCUT2D eigenvalue weighted by Crippen LogP contribution is -2.31. The molecule has 94 valence electrons. The largest absolute Gasteiger partial charge is 0.385 e. The number of hydrogen-bond acceptors (Lipinski definition) is 3. The van der Waals surface area contributed by atoms with Crippen LogP contribution in [0.2, 0.25) is 0 Å². The first-order valence-corrected chi connectivity index (χ1v) is 6.52. The lowest BCUT2D eigenvalue weighted by atomic mass is 10.1. The third-order valence-corrected chi connectivity index (χ3v) is 3.21. The average Bonchev–Trinajstić information content (AvgIpc) is 2.34. The van der Waals surface area contributed by atoms with Crippen LogP contribution >= 0.6 is 22.6 Å². The molecule has 1 rings (SSSR count). The number of hydrogen-bond donors (Lipinski definition) is 0. The van der Waals surface area contributed by atoms with E-state index in [9.17, 15) is 4.79 Å². The van der Waals surface area contributed by atoms with E-state index in [1.807, 2.05) is 19.1 Å². The molecule has 0 bridgehead atoms. The number of ether oxygens (including phenoxy) is 1. The van der Waals surface area contributed by atoms with Crippen molar-refractivity contribution in [2.45, 2.75) is 13.3 Å². The fraction of sp³-hybridized carbons (Fsp3) is 0.500. The molecule has 17 heavy (non-hydrogen) atoms. The quantitative estimate of drug-likeness (QED) is 0.781. The number of methoxy groups -OCH3 is 1. The minimum Gasteiger partial charge on any atom is -0.385 e. The van der Waals surface area contributed by atoms with Crippen molar-refractivity contribution in [1.82, 2.24) is 4.57 Å². The van der Waals surface area contributed by atoms with Crippen molar-refractivity contribution in [3.8, 4) is 0 Å². The summed E-state index contributed by atoms with van der Waals surface area (Å²) < 4.78 is 7.65. The Hall–Kier alpha value is -0.690. The van der Waals surface area contributed by atoms with Crippen molar-refractivity contribution in [3.05, 3.63) is 27.4 Å². The highest BCUT2D eigenvalue weighted by Gasteiger charge is 2.14. The summed E-state index contributed by atoms with van der Waals surface area (Å²) >= 11 is 2.20. The van der Waals surface area contributed by atoms with E-state index < -0.39 is 0 Å². The normalized spacial score (nSPS) is 13.8. The van der Waals surface area contributed by atoms with Gasteiger partial charge in [-0.25, -0.2) is 0 Å². The Labute approximate surface area is 115 Å². The zero-order valence-electron chi connectivity index (χ0n) is 10.3. The summed E-state index contributed by atoms with van der Waals surface area (Å²) in [4.78, 5) is 16.3. The number of pyridine rings is 1. The molecule has 0 saturated heterocycles. The topological polar surface area (TPSA) is 43.6 Å². The number of rotatable bonds is 4. The summed E-state index contributed by atoms with van der Waals surface area (Å²) in [6, 6.07) is 3.79. The average molecular weight is 348 g/mol. The van der Waals surface area contributed by atoms with Crippen LogP contribution in [0.5, 0.6) is 0 Å². The van der Waals surface area contributed by atoms with Gasteiger partial charge in [-0.05, 0) is 41.1 Å². The van der Waals surface area contributed by atoms with Crippen LogP contribution in [-0.4, -0.2) is 31.2 Å². The third kappa shape index (κ3) is 3.92. The monoisotopic (exact) mass is 348 g/mol. The SMILES string of the molecule is CN=c1cc(I)ccn1C(=O)C(C)CCOC. The van der Waals surface area contributed by atoms with Crippen molar-refractivity contribution in [1.29, 1.82) is 0 Å². The number of halogens is 1. The van der Waals surface area contributed by atoms with Crippen LogP contribution in [0.3, 0.4) is 0 Å². The van der Waals surface area contributed by atoms with E-state index in [1.165, 1.54) is 0 Å². The number of aromatic nitrogens is 1. The molecule has 0 N–H and O–H groups in total. The first-order chi connectivity index (χ1) is 8.10. The molecule has 0 aliphatic rings. The smallest absolute Gasteiger partial charge is 0.235 e. The van der Waals surface area contributed by atoms with Gasteiger partial charge in [0.2, 0.25) is 5.91 Å². The Bertz CT molecular complexity index is 454. The highest BCUT2D eigenvalue weighted by Crippen LogP contribution is 2.06. The molecule has 1 aromatic heterocycles. The Balaban J connectivity index is 2.96. The maximum absolute atomic E-state index is 12.2. The van der Waals surface area contributed by atoms with Gasteiger partial charge in [-0.2, -0.15) is 0 Å². The molecule has 0 aliphatic heterocycles. The molecule has 1 atom stereocenters. The predicted molar refractivity (Wildman–Crippen MR) is 74.9 cm³/mol. The van der Waals surface area contributed by atoms with Gasteiger partial charge in [-0.15, -0.1) is 0 Å². The van der Waals surface area contributed by atoms with Crippen molar-refractivity contribution in [2.24, 2.45) is 10.9 Å². The lowest BCUT2D eigenvalue weighted by Gasteiger charge is -2.12. The van der Waals surface area contributed by atoms with Crippen molar-refractivity contribution in [2.75, 3.05) is 20.8 Å². The highest BCUT2D eigenvalue weighted by atomic mass is 127. The number of carbonyl (C=O) groups is 1. The van der Waals surface area contributed by atoms with Gasteiger partial charge in [-0.1, -0.05) is 6.92 Å². The van der Waals surface area contributed by atoms with E-state index in [-0.39, 0.29) is 11.8 Å². The van der Waals surface area contributed by atoms with Crippen LogP contribution in [0.15, 0.2) is 23.3 Å². The van der Waals surface area contributed by atoms with Gasteiger partial charge < -0.3 is 4.74 Å². The van der Waals surface area contributed by atoms with E-state index >= 15 is 0 Å². The van der Waals surface area contributed by atoms with Crippen LogP contribution in [0.4, 0.5) is 0 Å². The summed E-state index contributed by atoms with van der Waals surface area (Å²) in [6.45, 7) is 2.50. The van der Waals surface area contributed by atoms with Crippen LogP contribution in [0.1, 0.15) is 18.1 Å². The van der Waals surface area contributed by atoms with Gasteiger partial charge in [0.15, 0.2) is 0 Å². The summed E-state index contributed by atoms with van der Waals surface area (Å²) in [5.41, 5.74) is 0.686. The zero-order valence-corrected chi connectivity index (χ0v) is 12.5. The van der Waals surface area contributed by atoms with Crippen molar-refractivity contribution >= 4 is 28.5 Å². The summed E-state index contributed by atoms with van der Waals surface area (Å²) in [6.07, 6.45) is 2.49. The molecule has 0 fully saturated rings. The van der Waals surface area contributed by atoms with E-state index in [4.69, 9.17) is 4.74 Å². The minimum absolute atomic E-state index is 0.0547. The van der Waals surface area contributed by atoms with Gasteiger partial charge in [0.1, 0.15) is 5.49 Å². The molecule has 0 amide bonds. The maximum atomic E-state index is 12.2. The van der Waals surface area contributed by atoms with Gasteiger partial charge in [0.05, 0.1) is 0 Å². The Morgan fingerprint density at radius 1 is 1.65 bits per heavy atom. The predicted octanol–water partition coefficient (Wildman–Crippen LogP) is 1.94. The molecule has 0 aliphatic carbocycles. The zero-order chi connectivity index (χ0) is 12.8. The van der Waals surface area contributed by atoms with Gasteiger partial charge >= 0.3 is 0 Å². The van der Waals surface area contributed by atoms with Crippen molar-refractivity contribution < 1.29 is 9.53 Å². The molecule has 0 spiro atoms. The van der Waals surface area contributed by atoms with E-state index in [0.29, 0.717) is 12.1 Å². The molecule has 1 unspecified atom stereocenters. The van der Waals surface area contributed by atoms with Gasteiger partial charge in [0, 0.05) is 36.4 Å². The van der Waals surface area contributed by atoms with Crippen LogP contribution < -0.4 is 5.49 Å². The Kier molecular flexibility index (Phi) is 5.84. The fourth-order valence-electron chi connectivity index (χ4n) is 1.48. The number of nitrogens with zero attached hydrogens (tertiary/aromatic N) is 2. The second-order valence-corrected chi connectivity index (χ2v) is 5.06. The number of carbonyl (C=O) groups excluding carboxylic acids is 1. The molecular weight excluding hydrogens is 331 g/mol. The van der Waals surface area contributed by atoms with E-state index in [0.717, 1.165) is 9.99 Å². The summed E-state index contributed by atoms with van der Waals surface area (Å²) in [5, 5.41) is 0. The van der Waals surface area contributed by atoms with Crippen LogP contribution in [0.25, 0.3) is 0 Å². The second kappa shape index (κ2) is 6.90. The first kappa shape index (κ1) is 14.4. The second-order valence-electron chi connectivity index (χ2n) is 3.82. The minimum atomic E-state index is -0.0690. The van der Waals surface area contributed by atoms with E-state index in [1.54, 1.807) is 24.9 Å². The molecular formula is C12H17IN2O2. The first-order valence-electron chi connectivity index (χ1n) is 5.44. The Morgan fingerprint density at radius 2 is 2.35 bits per heavy atom. The molecule has 5 heteroatoms. The maximum Gasteiger partial charge on any atom is 0.235 e. The summed E-state index contributed by atoms with van der Waals surface area (Å²) in [5.74, 6) is -0.0143. The fourth-order valence-corrected chi connectivity index (χ4v) is 1.92. The molecule has 1 heterocycles. The highest BCUT2D eigenvalue weighted by molar-refractivity contribution is 14.1. The van der Waals surface area contributed by atoms with Gasteiger partial charge in [-0.3, -0.25) is 14.4 Å². The third-order valence-electron chi connectivity index (χ3n) is 2.54. The van der Waals surface area contributed by atoms with Crippen LogP contribution in [0, 0.1) is 9.49 Å². The van der Waals surface area contributed by atoms with Crippen molar-refractivity contribution in [3.63, 3.8) is 0 Å². The standard InChI is InChI=1S/C12H17IN2O2/c1-9(5-7-17-3)12(16)15-6-4-10(13)8-11(15)14-2/h4,6,8-9H,5,7H2,1-3H3.